The Bertz CT molecular complexity index is 883. The Kier molecular flexibility index (Phi) is 5.00. The first kappa shape index (κ1) is 18.8. The molecule has 0 unspecified atom stereocenters. The van der Waals surface area contributed by atoms with E-state index in [1.807, 2.05) is 54.6 Å². The molecule has 3 amide bonds. The number of anilines is 1. The summed E-state index contributed by atoms with van der Waals surface area (Å²) in [6.45, 7) is 5.24. The van der Waals surface area contributed by atoms with Gasteiger partial charge < -0.3 is 10.2 Å². The van der Waals surface area contributed by atoms with Crippen LogP contribution in [0.1, 0.15) is 12.5 Å². The minimum atomic E-state index is -1.01. The molecular weight excluding hydrogens is 376 g/mol. The fourth-order valence-corrected chi connectivity index (χ4v) is 4.00. The lowest BCUT2D eigenvalue weighted by atomic mass is 9.92. The number of benzene rings is 2. The molecule has 0 saturated carbocycles. The van der Waals surface area contributed by atoms with Crippen LogP contribution in [-0.4, -0.2) is 54.6 Å². The molecule has 0 radical (unpaired) electrons. The van der Waals surface area contributed by atoms with Gasteiger partial charge in [0.05, 0.1) is 6.67 Å². The first-order valence-electron chi connectivity index (χ1n) is 9.40. The average Bonchev–Trinajstić information content (AvgIpc) is 2.93. The second-order valence-electron chi connectivity index (χ2n) is 7.38. The molecule has 2 aromatic rings. The van der Waals surface area contributed by atoms with Gasteiger partial charge in [-0.15, -0.1) is 0 Å². The van der Waals surface area contributed by atoms with Crippen molar-refractivity contribution in [2.24, 2.45) is 0 Å². The summed E-state index contributed by atoms with van der Waals surface area (Å²) in [5.74, 6) is -0.207. The van der Waals surface area contributed by atoms with E-state index in [0.717, 1.165) is 42.5 Å². The van der Waals surface area contributed by atoms with Crippen LogP contribution >= 0.6 is 11.6 Å². The lowest BCUT2D eigenvalue weighted by Gasteiger charge is -2.37. The van der Waals surface area contributed by atoms with Gasteiger partial charge in [-0.25, -0.2) is 9.69 Å². The van der Waals surface area contributed by atoms with Gasteiger partial charge in [-0.3, -0.25) is 9.69 Å². The van der Waals surface area contributed by atoms with Gasteiger partial charge >= 0.3 is 6.03 Å². The molecular formula is C21H23ClN4O2. The molecule has 6 nitrogen and oxygen atoms in total. The lowest BCUT2D eigenvalue weighted by Crippen LogP contribution is -2.51. The number of piperazine rings is 1. The third kappa shape index (κ3) is 3.45. The topological polar surface area (TPSA) is 55.9 Å². The van der Waals surface area contributed by atoms with E-state index in [0.29, 0.717) is 6.67 Å². The molecule has 2 aromatic carbocycles. The van der Waals surface area contributed by atoms with Crippen molar-refractivity contribution in [1.29, 1.82) is 0 Å². The van der Waals surface area contributed by atoms with Gasteiger partial charge in [0.1, 0.15) is 5.54 Å². The van der Waals surface area contributed by atoms with Crippen LogP contribution in [0.4, 0.5) is 10.5 Å². The smallest absolute Gasteiger partial charge is 0.326 e. The van der Waals surface area contributed by atoms with Gasteiger partial charge in [-0.05, 0) is 30.7 Å². The molecule has 7 heteroatoms. The number of amides is 3. The van der Waals surface area contributed by atoms with E-state index in [-0.39, 0.29) is 11.9 Å². The number of nitrogens with one attached hydrogen (secondary N) is 1. The molecule has 0 aromatic heterocycles. The Morgan fingerprint density at radius 3 is 2.39 bits per heavy atom. The number of rotatable bonds is 4. The van der Waals surface area contributed by atoms with Crippen molar-refractivity contribution in [3.8, 4) is 0 Å². The molecule has 2 aliphatic rings. The number of carbonyl (C=O) groups excluding carboxylic acids is 2. The normalized spacial score (nSPS) is 23.2. The van der Waals surface area contributed by atoms with Crippen molar-refractivity contribution >= 4 is 29.2 Å². The fraction of sp³-hybridized carbons (Fsp3) is 0.333. The summed E-state index contributed by atoms with van der Waals surface area (Å²) in [4.78, 5) is 31.3. The van der Waals surface area contributed by atoms with Crippen LogP contribution in [0.5, 0.6) is 0 Å². The summed E-state index contributed by atoms with van der Waals surface area (Å²) >= 11 is 6.09. The minimum Gasteiger partial charge on any atom is -0.369 e. The molecule has 4 rings (SSSR count). The van der Waals surface area contributed by atoms with E-state index in [2.05, 4.69) is 15.1 Å². The van der Waals surface area contributed by atoms with Crippen molar-refractivity contribution in [2.45, 2.75) is 12.5 Å². The molecule has 2 aliphatic heterocycles. The number of hydrogen-bond acceptors (Lipinski definition) is 4. The van der Waals surface area contributed by atoms with Crippen LogP contribution in [0, 0.1) is 0 Å². The molecule has 146 valence electrons. The van der Waals surface area contributed by atoms with Gasteiger partial charge in [0.2, 0.25) is 0 Å². The molecule has 0 aliphatic carbocycles. The number of carbonyl (C=O) groups is 2. The first-order valence-corrected chi connectivity index (χ1v) is 9.78. The van der Waals surface area contributed by atoms with Crippen LogP contribution < -0.4 is 10.2 Å². The highest BCUT2D eigenvalue weighted by Gasteiger charge is 2.49. The Morgan fingerprint density at radius 2 is 1.71 bits per heavy atom. The summed E-state index contributed by atoms with van der Waals surface area (Å²) in [6.07, 6.45) is 0. The number of imide groups is 1. The summed E-state index contributed by atoms with van der Waals surface area (Å²) in [5.41, 5.74) is 0.876. The molecule has 2 fully saturated rings. The maximum Gasteiger partial charge on any atom is 0.326 e. The zero-order chi connectivity index (χ0) is 19.7. The summed E-state index contributed by atoms with van der Waals surface area (Å²) in [7, 11) is 0. The predicted molar refractivity (Wildman–Crippen MR) is 109 cm³/mol. The Hall–Kier alpha value is -2.57. The highest BCUT2D eigenvalue weighted by Crippen LogP contribution is 2.29. The number of urea groups is 1. The van der Waals surface area contributed by atoms with E-state index < -0.39 is 5.54 Å². The molecule has 0 spiro atoms. The SMILES string of the molecule is C[C@@]1(c2ccccc2)NC(=O)N(CN2CCN(c3cccc(Cl)c3)CC2)C1=O. The van der Waals surface area contributed by atoms with Crippen molar-refractivity contribution in [1.82, 2.24) is 15.1 Å². The first-order chi connectivity index (χ1) is 13.5. The Balaban J connectivity index is 1.40. The second kappa shape index (κ2) is 7.45. The maximum atomic E-state index is 13.0. The van der Waals surface area contributed by atoms with Crippen molar-refractivity contribution < 1.29 is 9.59 Å². The van der Waals surface area contributed by atoms with Crippen LogP contribution in [0.3, 0.4) is 0 Å². The molecule has 1 N–H and O–H groups in total. The van der Waals surface area contributed by atoms with Crippen LogP contribution in [0.25, 0.3) is 0 Å². The van der Waals surface area contributed by atoms with Crippen LogP contribution in [-0.2, 0) is 10.3 Å². The molecule has 28 heavy (non-hydrogen) atoms. The monoisotopic (exact) mass is 398 g/mol. The Labute approximate surface area is 169 Å². The van der Waals surface area contributed by atoms with Gasteiger partial charge in [-0.1, -0.05) is 48.0 Å². The zero-order valence-corrected chi connectivity index (χ0v) is 16.5. The van der Waals surface area contributed by atoms with E-state index in [1.165, 1.54) is 4.90 Å². The van der Waals surface area contributed by atoms with E-state index in [9.17, 15) is 9.59 Å². The Morgan fingerprint density at radius 1 is 1.00 bits per heavy atom. The number of hydrogen-bond donors (Lipinski definition) is 1. The quantitative estimate of drug-likeness (QED) is 0.804. The third-order valence-corrected chi connectivity index (χ3v) is 5.75. The highest BCUT2D eigenvalue weighted by atomic mass is 35.5. The largest absolute Gasteiger partial charge is 0.369 e. The second-order valence-corrected chi connectivity index (χ2v) is 7.82. The molecule has 0 bridgehead atoms. The van der Waals surface area contributed by atoms with E-state index in [4.69, 9.17) is 11.6 Å². The maximum absolute atomic E-state index is 13.0. The zero-order valence-electron chi connectivity index (χ0n) is 15.8. The summed E-state index contributed by atoms with van der Waals surface area (Å²) in [5, 5.41) is 3.58. The van der Waals surface area contributed by atoms with Crippen molar-refractivity contribution in [2.75, 3.05) is 37.7 Å². The molecule has 2 saturated heterocycles. The average molecular weight is 399 g/mol. The lowest BCUT2D eigenvalue weighted by molar-refractivity contribution is -0.132. The van der Waals surface area contributed by atoms with Crippen molar-refractivity contribution in [3.05, 3.63) is 65.2 Å². The van der Waals surface area contributed by atoms with Gasteiger partial charge in [0.15, 0.2) is 0 Å². The van der Waals surface area contributed by atoms with Crippen LogP contribution in [0.15, 0.2) is 54.6 Å². The number of halogens is 1. The van der Waals surface area contributed by atoms with Gasteiger partial charge in [0.25, 0.3) is 5.91 Å². The van der Waals surface area contributed by atoms with E-state index >= 15 is 0 Å². The van der Waals surface area contributed by atoms with Gasteiger partial charge in [0, 0.05) is 36.9 Å². The highest BCUT2D eigenvalue weighted by molar-refractivity contribution is 6.30. The summed E-state index contributed by atoms with van der Waals surface area (Å²) in [6, 6.07) is 16.8. The fourth-order valence-electron chi connectivity index (χ4n) is 3.81. The third-order valence-electron chi connectivity index (χ3n) is 5.51. The molecule has 1 atom stereocenters. The molecule has 2 heterocycles. The van der Waals surface area contributed by atoms with Gasteiger partial charge in [-0.2, -0.15) is 0 Å². The van der Waals surface area contributed by atoms with E-state index in [1.54, 1.807) is 6.92 Å². The van der Waals surface area contributed by atoms with Crippen LogP contribution in [0.2, 0.25) is 5.02 Å². The predicted octanol–water partition coefficient (Wildman–Crippen LogP) is 2.89. The number of nitrogens with zero attached hydrogens (tertiary/aromatic N) is 3. The summed E-state index contributed by atoms with van der Waals surface area (Å²) < 4.78 is 0. The minimum absolute atomic E-state index is 0.207. The van der Waals surface area contributed by atoms with Crippen molar-refractivity contribution in [3.63, 3.8) is 0 Å². The standard InChI is InChI=1S/C21H23ClN4O2/c1-21(16-6-3-2-4-7-16)19(27)26(20(28)23-21)15-24-10-12-25(13-11-24)18-9-5-8-17(22)14-18/h2-9,14H,10-13,15H2,1H3,(H,23,28)/t21-/m0/s1.